The van der Waals surface area contributed by atoms with Crippen molar-refractivity contribution < 1.29 is 19.1 Å². The molecule has 0 radical (unpaired) electrons. The molecule has 9 heteroatoms. The Morgan fingerprint density at radius 2 is 1.84 bits per heavy atom. The molecule has 174 valence electrons. The number of methoxy groups -OCH3 is 1. The van der Waals surface area contributed by atoms with Crippen LogP contribution in [0.3, 0.4) is 0 Å². The van der Waals surface area contributed by atoms with Crippen LogP contribution in [-0.4, -0.2) is 62.7 Å². The van der Waals surface area contributed by atoms with Gasteiger partial charge in [-0.1, -0.05) is 26.0 Å². The molecule has 3 aromatic rings. The molecule has 2 aromatic heterocycles. The van der Waals surface area contributed by atoms with Crippen LogP contribution in [-0.2, 0) is 16.8 Å². The van der Waals surface area contributed by atoms with Gasteiger partial charge in [0.05, 0.1) is 30.3 Å². The summed E-state index contributed by atoms with van der Waals surface area (Å²) in [7, 11) is 1.59. The second-order valence-electron chi connectivity index (χ2n) is 7.44. The number of nitrogens with zero attached hydrogens (tertiary/aromatic N) is 5. The number of amides is 1. The van der Waals surface area contributed by atoms with E-state index in [1.54, 1.807) is 57.3 Å². The predicted octanol–water partition coefficient (Wildman–Crippen LogP) is 3.15. The zero-order valence-electron chi connectivity index (χ0n) is 19.7. The van der Waals surface area contributed by atoms with Gasteiger partial charge in [-0.15, -0.1) is 0 Å². The lowest BCUT2D eigenvalue weighted by Gasteiger charge is -2.23. The monoisotopic (exact) mass is 443 g/mol. The van der Waals surface area contributed by atoms with Crippen molar-refractivity contribution in [3.8, 4) is 5.69 Å². The molecule has 1 amide bonds. The Hall–Kier alpha value is -3.04. The SMILES string of the molecule is CC.COCCN(CCc1nc(C(C)(C)O)c(C)o1)C(=O)c1ccccc1-n1nccn1. The third-order valence-corrected chi connectivity index (χ3v) is 4.64. The third kappa shape index (κ3) is 6.24. The first-order valence-electron chi connectivity index (χ1n) is 10.7. The van der Waals surface area contributed by atoms with E-state index in [0.717, 1.165) is 0 Å². The highest BCUT2D eigenvalue weighted by Crippen LogP contribution is 2.23. The average Bonchev–Trinajstić information content (AvgIpc) is 3.44. The van der Waals surface area contributed by atoms with Crippen molar-refractivity contribution in [2.24, 2.45) is 0 Å². The predicted molar refractivity (Wildman–Crippen MR) is 121 cm³/mol. The van der Waals surface area contributed by atoms with E-state index in [9.17, 15) is 9.90 Å². The second-order valence-corrected chi connectivity index (χ2v) is 7.44. The second kappa shape index (κ2) is 11.5. The molecule has 0 aliphatic heterocycles. The summed E-state index contributed by atoms with van der Waals surface area (Å²) in [5, 5.41) is 18.5. The Bertz CT molecular complexity index is 977. The van der Waals surface area contributed by atoms with E-state index in [1.807, 2.05) is 26.0 Å². The van der Waals surface area contributed by atoms with E-state index in [1.165, 1.54) is 4.80 Å². The van der Waals surface area contributed by atoms with Gasteiger partial charge in [-0.25, -0.2) is 4.98 Å². The van der Waals surface area contributed by atoms with E-state index in [0.29, 0.717) is 54.7 Å². The number of ether oxygens (including phenoxy) is 1. The minimum atomic E-state index is -1.09. The molecular weight excluding hydrogens is 410 g/mol. The first kappa shape index (κ1) is 25.2. The van der Waals surface area contributed by atoms with Crippen molar-refractivity contribution in [1.82, 2.24) is 24.9 Å². The maximum atomic E-state index is 13.3. The molecule has 0 saturated heterocycles. The topological polar surface area (TPSA) is 107 Å². The van der Waals surface area contributed by atoms with Gasteiger partial charge in [0.2, 0.25) is 0 Å². The number of aromatic nitrogens is 4. The average molecular weight is 444 g/mol. The summed E-state index contributed by atoms with van der Waals surface area (Å²) >= 11 is 0. The van der Waals surface area contributed by atoms with E-state index >= 15 is 0 Å². The maximum absolute atomic E-state index is 13.3. The summed E-state index contributed by atoms with van der Waals surface area (Å²) in [6.07, 6.45) is 3.54. The van der Waals surface area contributed by atoms with Gasteiger partial charge in [-0.05, 0) is 32.9 Å². The minimum absolute atomic E-state index is 0.161. The zero-order chi connectivity index (χ0) is 23.7. The van der Waals surface area contributed by atoms with Crippen molar-refractivity contribution in [2.45, 2.75) is 46.6 Å². The van der Waals surface area contributed by atoms with E-state index in [4.69, 9.17) is 9.15 Å². The number of para-hydroxylation sites is 1. The highest BCUT2D eigenvalue weighted by molar-refractivity contribution is 5.97. The van der Waals surface area contributed by atoms with Crippen LogP contribution in [0.1, 0.15) is 55.4 Å². The molecule has 32 heavy (non-hydrogen) atoms. The van der Waals surface area contributed by atoms with Crippen LogP contribution < -0.4 is 0 Å². The standard InChI is InChI=1S/C21H27N5O4.C2H6/c1-15-19(21(2,3)28)24-18(30-15)9-12-25(13-14-29-4)20(27)16-7-5-6-8-17(16)26-22-10-11-23-26;1-2/h5-8,10-11,28H,9,12-14H2,1-4H3;1-2H3. The summed E-state index contributed by atoms with van der Waals surface area (Å²) in [5.74, 6) is 0.884. The number of aryl methyl sites for hydroxylation is 1. The van der Waals surface area contributed by atoms with Gasteiger partial charge < -0.3 is 19.2 Å². The van der Waals surface area contributed by atoms with Crippen LogP contribution in [0.25, 0.3) is 5.69 Å². The summed E-state index contributed by atoms with van der Waals surface area (Å²) in [4.78, 5) is 20.9. The quantitative estimate of drug-likeness (QED) is 0.541. The van der Waals surface area contributed by atoms with Crippen molar-refractivity contribution >= 4 is 5.91 Å². The molecule has 9 nitrogen and oxygen atoms in total. The molecule has 0 unspecified atom stereocenters. The number of aliphatic hydroxyl groups is 1. The molecule has 0 fully saturated rings. The molecule has 3 rings (SSSR count). The van der Waals surface area contributed by atoms with Gasteiger partial charge in [-0.2, -0.15) is 15.0 Å². The lowest BCUT2D eigenvalue weighted by molar-refractivity contribution is 0.0691. The smallest absolute Gasteiger partial charge is 0.256 e. The van der Waals surface area contributed by atoms with Crippen LogP contribution in [0.5, 0.6) is 0 Å². The maximum Gasteiger partial charge on any atom is 0.256 e. The van der Waals surface area contributed by atoms with Gasteiger partial charge in [0, 0.05) is 26.6 Å². The van der Waals surface area contributed by atoms with E-state index in [2.05, 4.69) is 15.2 Å². The van der Waals surface area contributed by atoms with Gasteiger partial charge in [0.25, 0.3) is 5.91 Å². The Morgan fingerprint density at radius 1 is 1.19 bits per heavy atom. The first-order valence-corrected chi connectivity index (χ1v) is 10.7. The molecular formula is C23H33N5O4. The van der Waals surface area contributed by atoms with Gasteiger partial charge in [-0.3, -0.25) is 4.79 Å². The van der Waals surface area contributed by atoms with Crippen molar-refractivity contribution in [3.63, 3.8) is 0 Å². The first-order chi connectivity index (χ1) is 15.3. The summed E-state index contributed by atoms with van der Waals surface area (Å²) in [6.45, 7) is 10.3. The fourth-order valence-electron chi connectivity index (χ4n) is 3.21. The van der Waals surface area contributed by atoms with Gasteiger partial charge in [0.1, 0.15) is 17.1 Å². The fraction of sp³-hybridized carbons (Fsp3) is 0.478. The number of benzene rings is 1. The third-order valence-electron chi connectivity index (χ3n) is 4.64. The van der Waals surface area contributed by atoms with Crippen LogP contribution in [0, 0.1) is 6.92 Å². The molecule has 0 aliphatic carbocycles. The van der Waals surface area contributed by atoms with Crippen LogP contribution in [0.4, 0.5) is 0 Å². The Kier molecular flexibility index (Phi) is 9.10. The van der Waals surface area contributed by atoms with Crippen LogP contribution >= 0.6 is 0 Å². The normalized spacial score (nSPS) is 11.1. The van der Waals surface area contributed by atoms with Gasteiger partial charge in [0.15, 0.2) is 5.89 Å². The van der Waals surface area contributed by atoms with Crippen molar-refractivity contribution in [2.75, 3.05) is 26.8 Å². The number of rotatable bonds is 9. The Balaban J connectivity index is 0.00000176. The summed E-state index contributed by atoms with van der Waals surface area (Å²) in [5.41, 5.74) is 0.506. The Morgan fingerprint density at radius 3 is 2.44 bits per heavy atom. The van der Waals surface area contributed by atoms with E-state index in [-0.39, 0.29) is 5.91 Å². The zero-order valence-corrected chi connectivity index (χ0v) is 19.7. The molecule has 0 bridgehead atoms. The number of hydrogen-bond donors (Lipinski definition) is 1. The Labute approximate surface area is 189 Å². The molecule has 0 atom stereocenters. The van der Waals surface area contributed by atoms with Crippen LogP contribution in [0.15, 0.2) is 41.1 Å². The highest BCUT2D eigenvalue weighted by Gasteiger charge is 2.25. The summed E-state index contributed by atoms with van der Waals surface area (Å²) < 4.78 is 10.9. The molecule has 2 heterocycles. The number of hydrogen-bond acceptors (Lipinski definition) is 7. The lowest BCUT2D eigenvalue weighted by Crippen LogP contribution is -2.36. The van der Waals surface area contributed by atoms with Crippen LogP contribution in [0.2, 0.25) is 0 Å². The number of oxazole rings is 1. The van der Waals surface area contributed by atoms with E-state index < -0.39 is 5.60 Å². The molecule has 0 spiro atoms. The molecule has 1 N–H and O–H groups in total. The minimum Gasteiger partial charge on any atom is -0.446 e. The van der Waals surface area contributed by atoms with Crippen molar-refractivity contribution in [3.05, 3.63) is 59.6 Å². The number of carbonyl (C=O) groups excluding carboxylic acids is 1. The molecule has 1 aromatic carbocycles. The fourth-order valence-corrected chi connectivity index (χ4v) is 3.21. The van der Waals surface area contributed by atoms with Gasteiger partial charge >= 0.3 is 0 Å². The molecule has 0 aliphatic rings. The number of carbonyl (C=O) groups is 1. The highest BCUT2D eigenvalue weighted by atomic mass is 16.5. The van der Waals surface area contributed by atoms with Crippen molar-refractivity contribution in [1.29, 1.82) is 0 Å². The largest absolute Gasteiger partial charge is 0.446 e. The molecule has 0 saturated carbocycles. The lowest BCUT2D eigenvalue weighted by atomic mass is 10.0. The summed E-state index contributed by atoms with van der Waals surface area (Å²) in [6, 6.07) is 7.20.